The fourth-order valence-electron chi connectivity index (χ4n) is 1.34. The van der Waals surface area contributed by atoms with Gasteiger partial charge in [-0.3, -0.25) is 0 Å². The lowest BCUT2D eigenvalue weighted by Crippen LogP contribution is -1.89. The molecule has 0 N–H and O–H groups in total. The highest BCUT2D eigenvalue weighted by Crippen LogP contribution is 2.30. The smallest absolute Gasteiger partial charge is 0.146 e. The molecule has 0 radical (unpaired) electrons. The van der Waals surface area contributed by atoms with Crippen molar-refractivity contribution in [1.29, 1.82) is 5.26 Å². The number of ether oxygens (including phenoxy) is 1. The van der Waals surface area contributed by atoms with E-state index < -0.39 is 0 Å². The second-order valence-corrected chi connectivity index (χ2v) is 4.72. The number of nitriles is 1. The van der Waals surface area contributed by atoms with Crippen LogP contribution in [-0.2, 0) is 0 Å². The second-order valence-electron chi connectivity index (χ2n) is 3.43. The Labute approximate surface area is 117 Å². The molecule has 0 saturated carbocycles. The highest BCUT2D eigenvalue weighted by Gasteiger charge is 2.07. The summed E-state index contributed by atoms with van der Waals surface area (Å²) < 4.78 is 18.9. The van der Waals surface area contributed by atoms with Crippen LogP contribution in [0.1, 0.15) is 5.56 Å². The van der Waals surface area contributed by atoms with Crippen LogP contribution in [0.5, 0.6) is 11.5 Å². The average molecular weight is 327 g/mol. The lowest BCUT2D eigenvalue weighted by molar-refractivity contribution is 0.478. The van der Waals surface area contributed by atoms with Crippen LogP contribution >= 0.6 is 27.5 Å². The van der Waals surface area contributed by atoms with E-state index in [-0.39, 0.29) is 5.82 Å². The quantitative estimate of drug-likeness (QED) is 0.786. The van der Waals surface area contributed by atoms with Crippen molar-refractivity contribution in [2.75, 3.05) is 0 Å². The maximum Gasteiger partial charge on any atom is 0.146 e. The van der Waals surface area contributed by atoms with Gasteiger partial charge in [-0.1, -0.05) is 11.6 Å². The Hall–Kier alpha value is -1.57. The van der Waals surface area contributed by atoms with Crippen LogP contribution in [0.3, 0.4) is 0 Å². The molecule has 0 saturated heterocycles. The number of halogens is 3. The Morgan fingerprint density at radius 1 is 1.22 bits per heavy atom. The molecule has 0 aliphatic rings. The van der Waals surface area contributed by atoms with Crippen LogP contribution in [0.2, 0.25) is 5.02 Å². The van der Waals surface area contributed by atoms with E-state index in [1.165, 1.54) is 24.3 Å². The van der Waals surface area contributed by atoms with Gasteiger partial charge in [0.15, 0.2) is 0 Å². The van der Waals surface area contributed by atoms with E-state index in [0.29, 0.717) is 26.6 Å². The minimum absolute atomic E-state index is 0.292. The highest BCUT2D eigenvalue weighted by molar-refractivity contribution is 9.10. The van der Waals surface area contributed by atoms with E-state index in [4.69, 9.17) is 21.6 Å². The first-order valence-corrected chi connectivity index (χ1v) is 6.10. The summed E-state index contributed by atoms with van der Waals surface area (Å²) in [6, 6.07) is 10.9. The Balaban J connectivity index is 2.36. The lowest BCUT2D eigenvalue weighted by Gasteiger charge is -2.08. The maximum absolute atomic E-state index is 13.1. The molecule has 0 fully saturated rings. The molecule has 0 amide bonds. The number of hydrogen-bond acceptors (Lipinski definition) is 2. The lowest BCUT2D eigenvalue weighted by atomic mass is 10.2. The van der Waals surface area contributed by atoms with Gasteiger partial charge in [0.05, 0.1) is 10.0 Å². The molecule has 0 aliphatic carbocycles. The van der Waals surface area contributed by atoms with Gasteiger partial charge in [0.2, 0.25) is 0 Å². The minimum Gasteiger partial charge on any atom is -0.456 e. The van der Waals surface area contributed by atoms with Gasteiger partial charge in [0.1, 0.15) is 23.4 Å². The SMILES string of the molecule is N#Cc1ccc(Cl)cc1Oc1ccc(F)c(Br)c1. The zero-order valence-electron chi connectivity index (χ0n) is 8.95. The molecule has 18 heavy (non-hydrogen) atoms. The summed E-state index contributed by atoms with van der Waals surface area (Å²) in [7, 11) is 0. The minimum atomic E-state index is -0.381. The van der Waals surface area contributed by atoms with Gasteiger partial charge in [0, 0.05) is 11.1 Å². The molecule has 2 rings (SSSR count). The molecule has 2 aromatic carbocycles. The molecule has 0 spiro atoms. The van der Waals surface area contributed by atoms with Crippen LogP contribution < -0.4 is 4.74 Å². The number of rotatable bonds is 2. The van der Waals surface area contributed by atoms with Gasteiger partial charge >= 0.3 is 0 Å². The van der Waals surface area contributed by atoms with Crippen molar-refractivity contribution in [3.05, 3.63) is 57.3 Å². The van der Waals surface area contributed by atoms with Crippen LogP contribution in [0.4, 0.5) is 4.39 Å². The Morgan fingerprint density at radius 3 is 2.67 bits per heavy atom. The number of nitrogens with zero attached hydrogens (tertiary/aromatic N) is 1. The van der Waals surface area contributed by atoms with E-state index in [1.807, 2.05) is 6.07 Å². The van der Waals surface area contributed by atoms with Crippen LogP contribution in [0.25, 0.3) is 0 Å². The molecule has 0 aromatic heterocycles. The van der Waals surface area contributed by atoms with Gasteiger partial charge in [0.25, 0.3) is 0 Å². The van der Waals surface area contributed by atoms with Gasteiger partial charge < -0.3 is 4.74 Å². The normalized spacial score (nSPS) is 9.89. The Bertz CT molecular complexity index is 639. The van der Waals surface area contributed by atoms with Gasteiger partial charge in [-0.15, -0.1) is 0 Å². The zero-order valence-corrected chi connectivity index (χ0v) is 11.3. The van der Waals surface area contributed by atoms with Crippen molar-refractivity contribution in [3.8, 4) is 17.6 Å². The first-order valence-electron chi connectivity index (χ1n) is 4.92. The van der Waals surface area contributed by atoms with Crippen molar-refractivity contribution >= 4 is 27.5 Å². The van der Waals surface area contributed by atoms with Crippen molar-refractivity contribution in [3.63, 3.8) is 0 Å². The number of hydrogen-bond donors (Lipinski definition) is 0. The maximum atomic E-state index is 13.1. The Morgan fingerprint density at radius 2 is 2.00 bits per heavy atom. The van der Waals surface area contributed by atoms with Crippen molar-refractivity contribution in [2.24, 2.45) is 0 Å². The largest absolute Gasteiger partial charge is 0.456 e. The number of benzene rings is 2. The molecular weight excluding hydrogens is 321 g/mol. The molecule has 2 nitrogen and oxygen atoms in total. The van der Waals surface area contributed by atoms with Crippen molar-refractivity contribution in [1.82, 2.24) is 0 Å². The molecule has 0 heterocycles. The van der Waals surface area contributed by atoms with Crippen molar-refractivity contribution in [2.45, 2.75) is 0 Å². The summed E-state index contributed by atoms with van der Waals surface area (Å²) in [6.45, 7) is 0. The predicted molar refractivity (Wildman–Crippen MR) is 70.3 cm³/mol. The van der Waals surface area contributed by atoms with E-state index in [0.717, 1.165) is 0 Å². The molecule has 0 bridgehead atoms. The summed E-state index contributed by atoms with van der Waals surface area (Å²) in [6.07, 6.45) is 0. The summed E-state index contributed by atoms with van der Waals surface area (Å²) in [4.78, 5) is 0. The highest BCUT2D eigenvalue weighted by atomic mass is 79.9. The topological polar surface area (TPSA) is 33.0 Å². The Kier molecular flexibility index (Phi) is 3.85. The second kappa shape index (κ2) is 5.38. The molecular formula is C13H6BrClFNO. The van der Waals surface area contributed by atoms with Crippen molar-refractivity contribution < 1.29 is 9.13 Å². The average Bonchev–Trinajstić information content (AvgIpc) is 2.34. The van der Waals surface area contributed by atoms with E-state index in [9.17, 15) is 4.39 Å². The van der Waals surface area contributed by atoms with Crippen LogP contribution in [0.15, 0.2) is 40.9 Å². The van der Waals surface area contributed by atoms with Gasteiger partial charge in [-0.25, -0.2) is 4.39 Å². The standard InChI is InChI=1S/C13H6BrClFNO/c14-11-6-10(3-4-12(11)16)18-13-5-9(15)2-1-8(13)7-17/h1-6H. The zero-order chi connectivity index (χ0) is 13.1. The molecule has 5 heteroatoms. The first-order chi connectivity index (χ1) is 8.60. The molecule has 90 valence electrons. The summed E-state index contributed by atoms with van der Waals surface area (Å²) in [5.74, 6) is 0.375. The summed E-state index contributed by atoms with van der Waals surface area (Å²) in [5, 5.41) is 9.41. The first kappa shape index (κ1) is 12.9. The van der Waals surface area contributed by atoms with E-state index in [1.54, 1.807) is 12.1 Å². The summed E-state index contributed by atoms with van der Waals surface area (Å²) >= 11 is 8.90. The van der Waals surface area contributed by atoms with Crippen LogP contribution in [0, 0.1) is 17.1 Å². The molecule has 0 atom stereocenters. The van der Waals surface area contributed by atoms with Gasteiger partial charge in [-0.2, -0.15) is 5.26 Å². The third kappa shape index (κ3) is 2.81. The fourth-order valence-corrected chi connectivity index (χ4v) is 1.86. The fraction of sp³-hybridized carbons (Fsp3) is 0. The van der Waals surface area contributed by atoms with Gasteiger partial charge in [-0.05, 0) is 46.3 Å². The van der Waals surface area contributed by atoms with E-state index >= 15 is 0 Å². The predicted octanol–water partition coefficient (Wildman–Crippen LogP) is 4.91. The molecule has 0 aliphatic heterocycles. The third-order valence-corrected chi connectivity index (χ3v) is 3.03. The van der Waals surface area contributed by atoms with Crippen LogP contribution in [-0.4, -0.2) is 0 Å². The van der Waals surface area contributed by atoms with E-state index in [2.05, 4.69) is 15.9 Å². The molecule has 2 aromatic rings. The summed E-state index contributed by atoms with van der Waals surface area (Å²) in [5.41, 5.74) is 0.361. The third-order valence-electron chi connectivity index (χ3n) is 2.18. The monoisotopic (exact) mass is 325 g/mol. The molecule has 0 unspecified atom stereocenters.